The second-order valence-corrected chi connectivity index (χ2v) is 7.03. The van der Waals surface area contributed by atoms with Crippen molar-refractivity contribution in [3.63, 3.8) is 0 Å². The van der Waals surface area contributed by atoms with Crippen LogP contribution in [0.25, 0.3) is 11.0 Å². The van der Waals surface area contributed by atoms with Gasteiger partial charge in [0.1, 0.15) is 12.4 Å². The number of carbonyl (C=O) groups excluding carboxylic acids is 2. The largest absolute Gasteiger partial charge is 0.352 e. The summed E-state index contributed by atoms with van der Waals surface area (Å²) in [5.41, 5.74) is 1.77. The molecule has 1 aliphatic rings. The van der Waals surface area contributed by atoms with E-state index in [0.29, 0.717) is 19.0 Å². The van der Waals surface area contributed by atoms with E-state index in [0.717, 1.165) is 36.1 Å². The average Bonchev–Trinajstić information content (AvgIpc) is 2.99. The minimum Gasteiger partial charge on any atom is -0.352 e. The molecule has 140 valence electrons. The fourth-order valence-corrected chi connectivity index (χ4v) is 3.59. The lowest BCUT2D eigenvalue weighted by atomic mass is 9.95. The number of hydrogen-bond donors (Lipinski definition) is 2. The first-order valence-corrected chi connectivity index (χ1v) is 9.67. The molecule has 0 spiro atoms. The van der Waals surface area contributed by atoms with Crippen molar-refractivity contribution in [1.29, 1.82) is 0 Å². The van der Waals surface area contributed by atoms with Gasteiger partial charge in [-0.2, -0.15) is 0 Å². The maximum Gasteiger partial charge on any atom is 0.240 e. The minimum absolute atomic E-state index is 0.0118. The third kappa shape index (κ3) is 4.62. The van der Waals surface area contributed by atoms with Crippen LogP contribution in [-0.2, 0) is 22.7 Å². The maximum atomic E-state index is 12.6. The Balaban J connectivity index is 1.73. The van der Waals surface area contributed by atoms with Gasteiger partial charge < -0.3 is 15.2 Å². The van der Waals surface area contributed by atoms with Crippen LogP contribution in [-0.4, -0.2) is 27.4 Å². The highest BCUT2D eigenvalue weighted by Crippen LogP contribution is 2.19. The smallest absolute Gasteiger partial charge is 0.240 e. The topological polar surface area (TPSA) is 76.0 Å². The monoisotopic (exact) mass is 356 g/mol. The number of nitrogens with one attached hydrogen (secondary N) is 2. The first-order chi connectivity index (χ1) is 12.7. The Labute approximate surface area is 154 Å². The van der Waals surface area contributed by atoms with Crippen molar-refractivity contribution in [2.45, 2.75) is 71.0 Å². The summed E-state index contributed by atoms with van der Waals surface area (Å²) >= 11 is 0. The summed E-state index contributed by atoms with van der Waals surface area (Å²) in [4.78, 5) is 29.0. The quantitative estimate of drug-likeness (QED) is 0.801. The van der Waals surface area contributed by atoms with Crippen LogP contribution in [0.5, 0.6) is 0 Å². The van der Waals surface area contributed by atoms with Gasteiger partial charge in [-0.1, -0.05) is 38.3 Å². The molecule has 1 aliphatic carbocycles. The van der Waals surface area contributed by atoms with E-state index >= 15 is 0 Å². The predicted octanol–water partition coefficient (Wildman–Crippen LogP) is 2.90. The van der Waals surface area contributed by atoms with Gasteiger partial charge in [0.25, 0.3) is 0 Å². The van der Waals surface area contributed by atoms with Gasteiger partial charge in [0.05, 0.1) is 17.6 Å². The second-order valence-electron chi connectivity index (χ2n) is 7.03. The zero-order valence-electron chi connectivity index (χ0n) is 15.5. The lowest BCUT2D eigenvalue weighted by Gasteiger charge is -2.23. The standard InChI is InChI=1S/C20H28N4O2/c1-2-8-19(25)21-13-18-23-16-11-6-7-12-17(16)24(18)14-20(26)22-15-9-4-3-5-10-15/h6-7,11-12,15H,2-5,8-10,13-14H2,1H3,(H,21,25)(H,22,26). The first-order valence-electron chi connectivity index (χ1n) is 9.67. The van der Waals surface area contributed by atoms with E-state index in [1.165, 1.54) is 19.3 Å². The molecule has 0 atom stereocenters. The van der Waals surface area contributed by atoms with Gasteiger partial charge in [0.2, 0.25) is 11.8 Å². The van der Waals surface area contributed by atoms with Gasteiger partial charge in [-0.15, -0.1) is 0 Å². The summed E-state index contributed by atoms with van der Waals surface area (Å²) < 4.78 is 1.92. The molecule has 0 bridgehead atoms. The van der Waals surface area contributed by atoms with E-state index in [1.807, 2.05) is 35.8 Å². The van der Waals surface area contributed by atoms with Crippen molar-refractivity contribution >= 4 is 22.8 Å². The van der Waals surface area contributed by atoms with Crippen molar-refractivity contribution in [3.05, 3.63) is 30.1 Å². The first kappa shape index (κ1) is 18.4. The predicted molar refractivity (Wildman–Crippen MR) is 102 cm³/mol. The Hall–Kier alpha value is -2.37. The van der Waals surface area contributed by atoms with Crippen LogP contribution in [0, 0.1) is 0 Å². The second kappa shape index (κ2) is 8.83. The highest BCUT2D eigenvalue weighted by Gasteiger charge is 2.18. The van der Waals surface area contributed by atoms with Crippen LogP contribution in [0.15, 0.2) is 24.3 Å². The number of aromatic nitrogens is 2. The Morgan fingerprint density at radius 3 is 2.69 bits per heavy atom. The van der Waals surface area contributed by atoms with Crippen molar-refractivity contribution in [3.8, 4) is 0 Å². The zero-order valence-corrected chi connectivity index (χ0v) is 15.5. The van der Waals surface area contributed by atoms with E-state index in [9.17, 15) is 9.59 Å². The van der Waals surface area contributed by atoms with Gasteiger partial charge in [-0.25, -0.2) is 4.98 Å². The molecule has 0 aliphatic heterocycles. The number of carbonyl (C=O) groups is 2. The Morgan fingerprint density at radius 2 is 1.92 bits per heavy atom. The van der Waals surface area contributed by atoms with Crippen LogP contribution in [0.1, 0.15) is 57.7 Å². The molecule has 1 saturated carbocycles. The Morgan fingerprint density at radius 1 is 1.15 bits per heavy atom. The molecule has 6 nitrogen and oxygen atoms in total. The molecule has 2 amide bonds. The van der Waals surface area contributed by atoms with Crippen LogP contribution in [0.2, 0.25) is 0 Å². The fourth-order valence-electron chi connectivity index (χ4n) is 3.59. The zero-order chi connectivity index (χ0) is 18.4. The molecule has 1 fully saturated rings. The SMILES string of the molecule is CCCC(=O)NCc1nc2ccccc2n1CC(=O)NC1CCCCC1. The molecule has 2 aromatic rings. The number of para-hydroxylation sites is 2. The van der Waals surface area contributed by atoms with Gasteiger partial charge >= 0.3 is 0 Å². The van der Waals surface area contributed by atoms with E-state index in [1.54, 1.807) is 0 Å². The lowest BCUT2D eigenvalue weighted by molar-refractivity contribution is -0.122. The Bertz CT molecular complexity index is 762. The summed E-state index contributed by atoms with van der Waals surface area (Å²) in [6.45, 7) is 2.55. The van der Waals surface area contributed by atoms with Crippen LogP contribution < -0.4 is 10.6 Å². The van der Waals surface area contributed by atoms with Crippen molar-refractivity contribution in [2.75, 3.05) is 0 Å². The van der Waals surface area contributed by atoms with E-state index in [4.69, 9.17) is 0 Å². The number of benzene rings is 1. The summed E-state index contributed by atoms with van der Waals surface area (Å²) in [5.74, 6) is 0.744. The highest BCUT2D eigenvalue weighted by molar-refractivity contribution is 5.81. The number of rotatable bonds is 7. The summed E-state index contributed by atoms with van der Waals surface area (Å²) in [6, 6.07) is 8.06. The molecule has 1 aromatic heterocycles. The number of nitrogens with zero attached hydrogens (tertiary/aromatic N) is 2. The van der Waals surface area contributed by atoms with E-state index < -0.39 is 0 Å². The molecule has 3 rings (SSSR count). The molecule has 0 radical (unpaired) electrons. The van der Waals surface area contributed by atoms with Crippen LogP contribution in [0.4, 0.5) is 0 Å². The minimum atomic E-state index is 0.0118. The molecule has 2 N–H and O–H groups in total. The molecule has 1 heterocycles. The van der Waals surface area contributed by atoms with Crippen molar-refractivity contribution in [1.82, 2.24) is 20.2 Å². The normalized spacial score (nSPS) is 15.1. The van der Waals surface area contributed by atoms with E-state index in [-0.39, 0.29) is 18.4 Å². The molecular weight excluding hydrogens is 328 g/mol. The van der Waals surface area contributed by atoms with Gasteiger partial charge in [-0.05, 0) is 31.4 Å². The molecule has 6 heteroatoms. The highest BCUT2D eigenvalue weighted by atomic mass is 16.2. The molecule has 1 aromatic carbocycles. The van der Waals surface area contributed by atoms with Gasteiger partial charge in [0.15, 0.2) is 0 Å². The van der Waals surface area contributed by atoms with Gasteiger partial charge in [-0.3, -0.25) is 9.59 Å². The van der Waals surface area contributed by atoms with Crippen LogP contribution >= 0.6 is 0 Å². The molecular formula is C20H28N4O2. The molecule has 26 heavy (non-hydrogen) atoms. The number of hydrogen-bond acceptors (Lipinski definition) is 3. The maximum absolute atomic E-state index is 12.6. The summed E-state index contributed by atoms with van der Waals surface area (Å²) in [6.07, 6.45) is 7.09. The van der Waals surface area contributed by atoms with Crippen LogP contribution in [0.3, 0.4) is 0 Å². The van der Waals surface area contributed by atoms with Crippen molar-refractivity contribution < 1.29 is 9.59 Å². The fraction of sp³-hybridized carbons (Fsp3) is 0.550. The lowest BCUT2D eigenvalue weighted by Crippen LogP contribution is -2.38. The number of amides is 2. The van der Waals surface area contributed by atoms with Crippen molar-refractivity contribution in [2.24, 2.45) is 0 Å². The average molecular weight is 356 g/mol. The Kier molecular flexibility index (Phi) is 6.26. The summed E-state index contributed by atoms with van der Waals surface area (Å²) in [5, 5.41) is 6.06. The third-order valence-electron chi connectivity index (χ3n) is 4.93. The van der Waals surface area contributed by atoms with E-state index in [2.05, 4.69) is 15.6 Å². The van der Waals surface area contributed by atoms with Gasteiger partial charge in [0, 0.05) is 12.5 Å². The summed E-state index contributed by atoms with van der Waals surface area (Å²) in [7, 11) is 0. The number of imidazole rings is 1. The molecule has 0 unspecified atom stereocenters. The molecule has 0 saturated heterocycles. The third-order valence-corrected chi connectivity index (χ3v) is 4.93. The number of fused-ring (bicyclic) bond motifs is 1.